The van der Waals surface area contributed by atoms with Crippen molar-refractivity contribution in [2.75, 3.05) is 95.7 Å². The summed E-state index contributed by atoms with van der Waals surface area (Å²) in [6.07, 6.45) is 18.8. The van der Waals surface area contributed by atoms with Crippen molar-refractivity contribution in [1.82, 2.24) is 19.8 Å². The molecule has 2 fully saturated rings. The quantitative estimate of drug-likeness (QED) is 0.0965. The molecule has 0 spiro atoms. The van der Waals surface area contributed by atoms with Gasteiger partial charge < -0.3 is 14.2 Å². The second-order valence-corrected chi connectivity index (χ2v) is 18.9. The molecule has 2 aliphatic carbocycles. The molecule has 8 rings (SSSR count). The third-order valence-electron chi connectivity index (χ3n) is 12.1. The van der Waals surface area contributed by atoms with Gasteiger partial charge in [-0.3, -0.25) is 29.2 Å². The fraction of sp³-hybridized carbons (Fsp3) is 0.491. The molecule has 0 bridgehead atoms. The number of morpholine rings is 2. The Labute approximate surface area is 416 Å². The lowest BCUT2D eigenvalue weighted by atomic mass is 9.97. The fourth-order valence-corrected chi connectivity index (χ4v) is 10.1. The van der Waals surface area contributed by atoms with Gasteiger partial charge in [0.1, 0.15) is 5.75 Å². The zero-order valence-electron chi connectivity index (χ0n) is 38.4. The molecule has 2 aliphatic heterocycles. The molecule has 2 unspecified atom stereocenters. The normalized spacial score (nSPS) is 18.0. The lowest BCUT2D eigenvalue weighted by molar-refractivity contribution is -0.119. The Morgan fingerprint density at radius 2 is 1.16 bits per heavy atom. The molecule has 0 saturated carbocycles. The first-order valence-corrected chi connectivity index (χ1v) is 25.1. The summed E-state index contributed by atoms with van der Waals surface area (Å²) in [7, 11) is 1.65. The molecule has 2 atom stereocenters. The number of ether oxygens (including phenoxy) is 3. The predicted octanol–water partition coefficient (Wildman–Crippen LogP) is 11.1. The molecule has 11 nitrogen and oxygen atoms in total. The minimum absolute atomic E-state index is 0. The van der Waals surface area contributed by atoms with Gasteiger partial charge >= 0.3 is 0 Å². The highest BCUT2D eigenvalue weighted by atomic mass is 32.1. The molecule has 2 amide bonds. The third kappa shape index (κ3) is 17.0. The number of thiazole rings is 2. The predicted molar refractivity (Wildman–Crippen MR) is 286 cm³/mol. The van der Waals surface area contributed by atoms with E-state index in [2.05, 4.69) is 83.0 Å². The second-order valence-electron chi connectivity index (χ2n) is 17.2. The number of methoxy groups -OCH3 is 1. The van der Waals surface area contributed by atoms with Gasteiger partial charge in [-0.2, -0.15) is 0 Å². The molecule has 0 N–H and O–H groups in total. The standard InChI is InChI=1S/C26H33N3O3S.C26H33N3O2S.3CH4/c1-20-5-3-6-22(17-20)24-19-33-26(27-24)29(12-4-11-28-13-15-32-16-14-28)25(30)18-21-7-9-23(31-2)10-8-21;1-21-7-5-10-23(19-21)24-20-32-26(27-24)29(14-6-13-28-15-17-31-18-16-28)25(30)12-11-22-8-3-2-4-9-22;;;/h3,6-10,17,19-20H,4-5,11-16,18H2,1-2H3;2-5,8-10,19-21H,6-7,11-18H2,1H3;3*1H4. The zero-order chi connectivity index (χ0) is 45.2. The highest BCUT2D eigenvalue weighted by Gasteiger charge is 2.23. The number of hydrogen-bond acceptors (Lipinski definition) is 11. The minimum Gasteiger partial charge on any atom is -0.497 e. The molecule has 68 heavy (non-hydrogen) atoms. The Bertz CT molecular complexity index is 2220. The van der Waals surface area contributed by atoms with Crippen LogP contribution in [0.1, 0.15) is 90.7 Å². The summed E-state index contributed by atoms with van der Waals surface area (Å²) in [4.78, 5) is 45.0. The summed E-state index contributed by atoms with van der Waals surface area (Å²) in [5.41, 5.74) is 6.40. The highest BCUT2D eigenvalue weighted by molar-refractivity contribution is 7.14. The van der Waals surface area contributed by atoms with Crippen LogP contribution in [0, 0.1) is 11.8 Å². The van der Waals surface area contributed by atoms with E-state index in [1.807, 2.05) is 52.3 Å². The van der Waals surface area contributed by atoms with Gasteiger partial charge in [0.25, 0.3) is 0 Å². The van der Waals surface area contributed by atoms with E-state index in [1.54, 1.807) is 29.8 Å². The van der Waals surface area contributed by atoms with Crippen molar-refractivity contribution < 1.29 is 23.8 Å². The fourth-order valence-electron chi connectivity index (χ4n) is 8.32. The van der Waals surface area contributed by atoms with Crippen molar-refractivity contribution >= 4 is 55.9 Å². The van der Waals surface area contributed by atoms with Gasteiger partial charge in [-0.25, -0.2) is 9.97 Å². The monoisotopic (exact) mass is 967 g/mol. The molecular formula is C55H78N6O5S2. The van der Waals surface area contributed by atoms with E-state index in [9.17, 15) is 9.59 Å². The summed E-state index contributed by atoms with van der Waals surface area (Å²) in [5, 5.41) is 5.74. The molecule has 4 heterocycles. The average Bonchev–Trinajstić information content (AvgIpc) is 4.04. The SMILES string of the molecule is C.C.C.CC1C=C(c2csc(N(CCCN3CCOCC3)C(=O)CCc3ccccc3)n2)C=CC1.COc1ccc(CC(=O)N(CCCN2CCOCC2)c2nc(C3=CC(C)CC=C3)cs2)cc1. The smallest absolute Gasteiger partial charge is 0.233 e. The van der Waals surface area contributed by atoms with Gasteiger partial charge in [-0.05, 0) is 78.3 Å². The zero-order valence-corrected chi connectivity index (χ0v) is 40.1. The Hall–Kier alpha value is -4.76. The summed E-state index contributed by atoms with van der Waals surface area (Å²) in [6.45, 7) is 14.8. The van der Waals surface area contributed by atoms with E-state index >= 15 is 0 Å². The van der Waals surface area contributed by atoms with Crippen LogP contribution in [0.15, 0.2) is 102 Å². The van der Waals surface area contributed by atoms with E-state index in [-0.39, 0.29) is 34.1 Å². The summed E-state index contributed by atoms with van der Waals surface area (Å²) >= 11 is 3.12. The maximum atomic E-state index is 13.4. The first-order chi connectivity index (χ1) is 31.8. The summed E-state index contributed by atoms with van der Waals surface area (Å²) in [5.74, 6) is 2.05. The van der Waals surface area contributed by atoms with Crippen molar-refractivity contribution in [2.24, 2.45) is 11.8 Å². The van der Waals surface area contributed by atoms with Crippen LogP contribution in [-0.4, -0.2) is 117 Å². The number of carbonyl (C=O) groups is 2. The van der Waals surface area contributed by atoms with Crippen molar-refractivity contribution in [3.8, 4) is 5.75 Å². The van der Waals surface area contributed by atoms with Crippen LogP contribution in [0.2, 0.25) is 0 Å². The van der Waals surface area contributed by atoms with Crippen molar-refractivity contribution in [3.63, 3.8) is 0 Å². The number of aryl methyl sites for hydroxylation is 1. The van der Waals surface area contributed by atoms with Crippen molar-refractivity contribution in [3.05, 3.63) is 124 Å². The first kappa shape index (κ1) is 55.8. The molecular weight excluding hydrogens is 889 g/mol. The van der Waals surface area contributed by atoms with Gasteiger partial charge in [0.15, 0.2) is 10.3 Å². The second kappa shape index (κ2) is 29.3. The number of rotatable bonds is 18. The van der Waals surface area contributed by atoms with Gasteiger partial charge in [0, 0.05) is 69.5 Å². The molecule has 4 aliphatic rings. The summed E-state index contributed by atoms with van der Waals surface area (Å²) in [6, 6.07) is 17.9. The Balaban J connectivity index is 0.000000284. The number of anilines is 2. The van der Waals surface area contributed by atoms with Crippen LogP contribution in [0.25, 0.3) is 11.1 Å². The van der Waals surface area contributed by atoms with Gasteiger partial charge in [0.05, 0.1) is 51.3 Å². The number of allylic oxidation sites excluding steroid dienone is 8. The molecule has 370 valence electrons. The lowest BCUT2D eigenvalue weighted by Gasteiger charge is -2.27. The summed E-state index contributed by atoms with van der Waals surface area (Å²) < 4.78 is 16.1. The van der Waals surface area contributed by atoms with Gasteiger partial charge in [-0.15, -0.1) is 22.7 Å². The van der Waals surface area contributed by atoms with Crippen LogP contribution in [0.4, 0.5) is 10.3 Å². The number of amides is 2. The molecule has 4 aromatic rings. The van der Waals surface area contributed by atoms with Gasteiger partial charge in [0.2, 0.25) is 11.8 Å². The van der Waals surface area contributed by atoms with Crippen molar-refractivity contribution in [2.45, 2.75) is 81.1 Å². The number of nitrogens with zero attached hydrogens (tertiary/aromatic N) is 6. The van der Waals surface area contributed by atoms with Gasteiger partial charge in [-0.1, -0.05) is 115 Å². The lowest BCUT2D eigenvalue weighted by Crippen LogP contribution is -2.39. The topological polar surface area (TPSA) is 101 Å². The van der Waals surface area contributed by atoms with E-state index in [1.165, 1.54) is 5.56 Å². The van der Waals surface area contributed by atoms with Crippen LogP contribution < -0.4 is 14.5 Å². The Morgan fingerprint density at radius 1 is 0.676 bits per heavy atom. The van der Waals surface area contributed by atoms with Crippen molar-refractivity contribution in [1.29, 1.82) is 0 Å². The molecule has 2 aromatic carbocycles. The number of carbonyl (C=O) groups excluding carboxylic acids is 2. The van der Waals surface area contributed by atoms with Crippen LogP contribution >= 0.6 is 22.7 Å². The Morgan fingerprint density at radius 3 is 1.63 bits per heavy atom. The molecule has 2 saturated heterocycles. The molecule has 13 heteroatoms. The number of benzene rings is 2. The molecule has 0 radical (unpaired) electrons. The Kier molecular flexibility index (Phi) is 24.1. The van der Waals surface area contributed by atoms with Crippen LogP contribution in [0.5, 0.6) is 5.75 Å². The van der Waals surface area contributed by atoms with E-state index < -0.39 is 0 Å². The molecule has 2 aromatic heterocycles. The van der Waals surface area contributed by atoms with Crippen LogP contribution in [-0.2, 0) is 31.9 Å². The number of aromatic nitrogens is 2. The highest BCUT2D eigenvalue weighted by Crippen LogP contribution is 2.31. The average molecular weight is 967 g/mol. The van der Waals surface area contributed by atoms with E-state index in [4.69, 9.17) is 24.2 Å². The largest absolute Gasteiger partial charge is 0.497 e. The van der Waals surface area contributed by atoms with Crippen LogP contribution in [0.3, 0.4) is 0 Å². The minimum atomic E-state index is 0. The third-order valence-corrected chi connectivity index (χ3v) is 13.8. The first-order valence-electron chi connectivity index (χ1n) is 23.4. The maximum absolute atomic E-state index is 13.4. The number of hydrogen-bond donors (Lipinski definition) is 0. The van der Waals surface area contributed by atoms with E-state index in [0.29, 0.717) is 37.8 Å². The maximum Gasteiger partial charge on any atom is 0.233 e. The van der Waals surface area contributed by atoms with E-state index in [0.717, 1.165) is 142 Å².